The van der Waals surface area contributed by atoms with E-state index in [2.05, 4.69) is 16.0 Å². The Morgan fingerprint density at radius 1 is 1.27 bits per heavy atom. The van der Waals surface area contributed by atoms with Gasteiger partial charge in [0, 0.05) is 32.0 Å². The molecule has 0 bridgehead atoms. The van der Waals surface area contributed by atoms with Gasteiger partial charge in [-0.05, 0) is 30.1 Å². The molecule has 0 amide bonds. The van der Waals surface area contributed by atoms with Crippen LogP contribution in [0.1, 0.15) is 5.56 Å². The molecule has 2 heterocycles. The van der Waals surface area contributed by atoms with Gasteiger partial charge in [-0.3, -0.25) is 4.98 Å². The monoisotopic (exact) mass is 373 g/mol. The fraction of sp³-hybridized carbons (Fsp3) is 0. The average molecular weight is 372 g/mol. The first-order valence-corrected chi connectivity index (χ1v) is 4.09. The molecule has 0 saturated carbocycles. The molecule has 15 heavy (non-hydrogen) atoms. The minimum atomic E-state index is 0. The predicted octanol–water partition coefficient (Wildman–Crippen LogP) is 1.81. The number of aromatic nitrogens is 2. The molecule has 0 atom stereocenters. The molecule has 0 aliphatic carbocycles. The Bertz CT molecular complexity index is 477. The van der Waals surface area contributed by atoms with E-state index < -0.39 is 0 Å². The molecule has 0 aromatic carbocycles. The maximum absolute atomic E-state index is 8.67. The van der Waals surface area contributed by atoms with Crippen molar-refractivity contribution < 1.29 is 20.1 Å². The van der Waals surface area contributed by atoms with E-state index in [0.717, 1.165) is 11.3 Å². The Kier molecular flexibility index (Phi) is 4.11. The minimum absolute atomic E-state index is 0. The van der Waals surface area contributed by atoms with Crippen LogP contribution in [-0.4, -0.2) is 9.97 Å². The van der Waals surface area contributed by atoms with Gasteiger partial charge in [-0.15, -0.1) is 6.07 Å². The maximum Gasteiger partial charge on any atom is 0.0183 e. The summed E-state index contributed by atoms with van der Waals surface area (Å²) in [6.07, 6.45) is 4.82. The van der Waals surface area contributed by atoms with Crippen LogP contribution in [0, 0.1) is 17.4 Å². The standard InChI is InChI=1S/C11H6N3.Ir/c12-6-9-5-10(8-13-7-9)11-3-1-2-4-14-11;/h1-4,7-8H;/q-1;. The molecule has 2 aromatic heterocycles. The first-order valence-electron chi connectivity index (χ1n) is 4.09. The molecule has 1 radical (unpaired) electrons. The van der Waals surface area contributed by atoms with Crippen molar-refractivity contribution in [1.82, 2.24) is 9.97 Å². The summed E-state index contributed by atoms with van der Waals surface area (Å²) >= 11 is 0. The van der Waals surface area contributed by atoms with Crippen LogP contribution in [0.3, 0.4) is 0 Å². The second kappa shape index (κ2) is 5.35. The zero-order chi connectivity index (χ0) is 9.80. The molecule has 0 spiro atoms. The number of hydrogen-bond acceptors (Lipinski definition) is 3. The van der Waals surface area contributed by atoms with Gasteiger partial charge in [-0.25, -0.2) is 5.26 Å². The van der Waals surface area contributed by atoms with Gasteiger partial charge in [0.25, 0.3) is 0 Å². The van der Waals surface area contributed by atoms with Crippen LogP contribution in [0.15, 0.2) is 36.8 Å². The average Bonchev–Trinajstić information content (AvgIpc) is 2.30. The van der Waals surface area contributed by atoms with Gasteiger partial charge < -0.3 is 4.98 Å². The fourth-order valence-electron chi connectivity index (χ4n) is 1.11. The Hall–Kier alpha value is -1.56. The van der Waals surface area contributed by atoms with E-state index >= 15 is 0 Å². The van der Waals surface area contributed by atoms with Crippen molar-refractivity contribution in [1.29, 1.82) is 5.26 Å². The topological polar surface area (TPSA) is 49.6 Å². The van der Waals surface area contributed by atoms with Crippen molar-refractivity contribution in [3.63, 3.8) is 0 Å². The van der Waals surface area contributed by atoms with Crippen LogP contribution < -0.4 is 0 Å². The predicted molar refractivity (Wildman–Crippen MR) is 51.0 cm³/mol. The van der Waals surface area contributed by atoms with E-state index in [1.807, 2.05) is 24.3 Å². The smallest absolute Gasteiger partial charge is 0.0183 e. The summed E-state index contributed by atoms with van der Waals surface area (Å²) < 4.78 is 0. The van der Waals surface area contributed by atoms with Crippen LogP contribution in [0.4, 0.5) is 0 Å². The van der Waals surface area contributed by atoms with E-state index in [9.17, 15) is 0 Å². The van der Waals surface area contributed by atoms with Crippen molar-refractivity contribution in [3.8, 4) is 17.3 Å². The van der Waals surface area contributed by atoms with Crippen LogP contribution in [0.2, 0.25) is 0 Å². The molecular weight excluding hydrogens is 366 g/mol. The SMILES string of the molecule is N#Cc1[c-]c(-c2ccccn2)cnc1.[Ir]. The summed E-state index contributed by atoms with van der Waals surface area (Å²) in [5.41, 5.74) is 1.94. The quantitative estimate of drug-likeness (QED) is 0.718. The molecule has 0 unspecified atom stereocenters. The Morgan fingerprint density at radius 2 is 2.13 bits per heavy atom. The first kappa shape index (κ1) is 11.5. The fourth-order valence-corrected chi connectivity index (χ4v) is 1.11. The zero-order valence-electron chi connectivity index (χ0n) is 7.64. The molecule has 0 fully saturated rings. The van der Waals surface area contributed by atoms with Gasteiger partial charge in [0.15, 0.2) is 0 Å². The van der Waals surface area contributed by atoms with Crippen molar-refractivity contribution in [2.24, 2.45) is 0 Å². The van der Waals surface area contributed by atoms with E-state index in [1.165, 1.54) is 6.20 Å². The second-order valence-corrected chi connectivity index (χ2v) is 2.69. The summed E-state index contributed by atoms with van der Waals surface area (Å²) in [4.78, 5) is 8.08. The third-order valence-electron chi connectivity index (χ3n) is 1.74. The van der Waals surface area contributed by atoms with Crippen molar-refractivity contribution in [3.05, 3.63) is 48.4 Å². The van der Waals surface area contributed by atoms with Crippen molar-refractivity contribution in [2.75, 3.05) is 0 Å². The summed E-state index contributed by atoms with van der Waals surface area (Å²) in [5.74, 6) is 0. The molecule has 75 valence electrons. The van der Waals surface area contributed by atoms with E-state index in [0.29, 0.717) is 5.56 Å². The van der Waals surface area contributed by atoms with Gasteiger partial charge in [0.2, 0.25) is 0 Å². The second-order valence-electron chi connectivity index (χ2n) is 2.69. The number of hydrogen-bond donors (Lipinski definition) is 0. The molecule has 4 heteroatoms. The van der Waals surface area contributed by atoms with Crippen LogP contribution in [0.5, 0.6) is 0 Å². The van der Waals surface area contributed by atoms with E-state index in [-0.39, 0.29) is 20.1 Å². The molecule has 0 aliphatic heterocycles. The maximum atomic E-state index is 8.67. The van der Waals surface area contributed by atoms with Gasteiger partial charge in [0.05, 0.1) is 0 Å². The molecule has 2 rings (SSSR count). The Balaban J connectivity index is 0.00000112. The van der Waals surface area contributed by atoms with Gasteiger partial charge in [0.1, 0.15) is 0 Å². The number of nitrogens with zero attached hydrogens (tertiary/aromatic N) is 3. The number of pyridine rings is 2. The van der Waals surface area contributed by atoms with Crippen LogP contribution >= 0.6 is 0 Å². The van der Waals surface area contributed by atoms with Crippen LogP contribution in [0.25, 0.3) is 11.3 Å². The van der Waals surface area contributed by atoms with Crippen molar-refractivity contribution in [2.45, 2.75) is 0 Å². The molecule has 0 N–H and O–H groups in total. The molecule has 0 aliphatic rings. The summed E-state index contributed by atoms with van der Waals surface area (Å²) in [7, 11) is 0. The van der Waals surface area contributed by atoms with Crippen molar-refractivity contribution >= 4 is 0 Å². The third kappa shape index (κ3) is 2.69. The largest absolute Gasteiger partial charge is 0.340 e. The third-order valence-corrected chi connectivity index (χ3v) is 1.74. The van der Waals surface area contributed by atoms with E-state index in [4.69, 9.17) is 5.26 Å². The first-order chi connectivity index (χ1) is 6.90. The summed E-state index contributed by atoms with van der Waals surface area (Å²) in [6, 6.07) is 10.5. The Morgan fingerprint density at radius 3 is 2.80 bits per heavy atom. The van der Waals surface area contributed by atoms with Gasteiger partial charge in [-0.2, -0.15) is 0 Å². The number of nitriles is 1. The van der Waals surface area contributed by atoms with Gasteiger partial charge in [-0.1, -0.05) is 17.7 Å². The molecule has 2 aromatic rings. The van der Waals surface area contributed by atoms with Gasteiger partial charge >= 0.3 is 0 Å². The van der Waals surface area contributed by atoms with Crippen LogP contribution in [-0.2, 0) is 20.1 Å². The normalized spacial score (nSPS) is 8.73. The summed E-state index contributed by atoms with van der Waals surface area (Å²) in [6.45, 7) is 0. The summed E-state index contributed by atoms with van der Waals surface area (Å²) in [5, 5.41) is 8.67. The zero-order valence-corrected chi connectivity index (χ0v) is 10.0. The molecule has 3 nitrogen and oxygen atoms in total. The van der Waals surface area contributed by atoms with E-state index in [1.54, 1.807) is 12.4 Å². The molecular formula is C11H6IrN3-. The minimum Gasteiger partial charge on any atom is -0.340 e. The molecule has 0 saturated heterocycles. The Labute approximate surface area is 101 Å². The number of rotatable bonds is 1.